The van der Waals surface area contributed by atoms with Gasteiger partial charge in [-0.1, -0.05) is 11.8 Å². The number of hydrogen-bond acceptors (Lipinski definition) is 4. The SMILES string of the molecule is C#CCOC(=O)CCCC(=O)OCC#C. The maximum absolute atomic E-state index is 10.9. The third-order valence-corrected chi connectivity index (χ3v) is 1.39. The second-order valence-electron chi connectivity index (χ2n) is 2.58. The lowest BCUT2D eigenvalue weighted by atomic mass is 10.2. The highest BCUT2D eigenvalue weighted by atomic mass is 16.5. The summed E-state index contributed by atoms with van der Waals surface area (Å²) in [7, 11) is 0. The Balaban J connectivity index is 3.46. The molecule has 0 fully saturated rings. The minimum Gasteiger partial charge on any atom is -0.452 e. The van der Waals surface area contributed by atoms with E-state index in [2.05, 4.69) is 21.3 Å². The van der Waals surface area contributed by atoms with Gasteiger partial charge in [0.05, 0.1) is 0 Å². The van der Waals surface area contributed by atoms with E-state index < -0.39 is 11.9 Å². The van der Waals surface area contributed by atoms with E-state index in [1.54, 1.807) is 0 Å². The predicted molar refractivity (Wildman–Crippen MR) is 53.4 cm³/mol. The van der Waals surface area contributed by atoms with Crippen molar-refractivity contribution in [3.63, 3.8) is 0 Å². The van der Waals surface area contributed by atoms with Gasteiger partial charge >= 0.3 is 11.9 Å². The number of carbonyl (C=O) groups is 2. The molecule has 0 bridgehead atoms. The van der Waals surface area contributed by atoms with Crippen molar-refractivity contribution in [2.75, 3.05) is 13.2 Å². The number of ether oxygens (including phenoxy) is 2. The Kier molecular flexibility index (Phi) is 7.53. The molecule has 0 aliphatic carbocycles. The van der Waals surface area contributed by atoms with E-state index in [4.69, 9.17) is 12.8 Å². The first-order valence-corrected chi connectivity index (χ1v) is 4.39. The van der Waals surface area contributed by atoms with Crippen LogP contribution in [0.2, 0.25) is 0 Å². The fourth-order valence-electron chi connectivity index (χ4n) is 0.766. The minimum absolute atomic E-state index is 0.0413. The summed E-state index contributed by atoms with van der Waals surface area (Å²) in [6, 6.07) is 0. The Labute approximate surface area is 88.9 Å². The van der Waals surface area contributed by atoms with Gasteiger partial charge in [0, 0.05) is 12.8 Å². The second-order valence-corrected chi connectivity index (χ2v) is 2.58. The molecule has 0 aromatic heterocycles. The molecule has 0 rings (SSSR count). The van der Waals surface area contributed by atoms with E-state index in [9.17, 15) is 9.59 Å². The Bertz CT molecular complexity index is 263. The Hall–Kier alpha value is -1.94. The lowest BCUT2D eigenvalue weighted by molar-refractivity contribution is -0.144. The second kappa shape index (κ2) is 8.65. The molecule has 80 valence electrons. The van der Waals surface area contributed by atoms with Crippen molar-refractivity contribution in [2.24, 2.45) is 0 Å². The molecule has 0 atom stereocenters. The molecular formula is C11H12O4. The quantitative estimate of drug-likeness (QED) is 0.471. The summed E-state index contributed by atoms with van der Waals surface area (Å²) in [4.78, 5) is 21.8. The maximum atomic E-state index is 10.9. The topological polar surface area (TPSA) is 52.6 Å². The van der Waals surface area contributed by atoms with Crippen LogP contribution < -0.4 is 0 Å². The first kappa shape index (κ1) is 13.1. The van der Waals surface area contributed by atoms with Crippen LogP contribution >= 0.6 is 0 Å². The van der Waals surface area contributed by atoms with Gasteiger partial charge in [0.25, 0.3) is 0 Å². The van der Waals surface area contributed by atoms with Gasteiger partial charge in [-0.05, 0) is 6.42 Å². The summed E-state index contributed by atoms with van der Waals surface area (Å²) < 4.78 is 9.19. The standard InChI is InChI=1S/C11H12O4/c1-3-8-14-10(12)6-5-7-11(13)15-9-4-2/h1-2H,5-9H2. The number of terminal acetylenes is 2. The summed E-state index contributed by atoms with van der Waals surface area (Å²) in [5.74, 6) is 3.50. The predicted octanol–water partition coefficient (Wildman–Crippen LogP) is 0.510. The zero-order valence-electron chi connectivity index (χ0n) is 8.32. The van der Waals surface area contributed by atoms with Gasteiger partial charge in [0.15, 0.2) is 13.2 Å². The molecule has 0 aromatic carbocycles. The van der Waals surface area contributed by atoms with Crippen LogP contribution in [-0.2, 0) is 19.1 Å². The Morgan fingerprint density at radius 2 is 1.33 bits per heavy atom. The largest absolute Gasteiger partial charge is 0.452 e. The third-order valence-electron chi connectivity index (χ3n) is 1.39. The molecule has 4 nitrogen and oxygen atoms in total. The van der Waals surface area contributed by atoms with Crippen LogP contribution in [0.15, 0.2) is 0 Å². The van der Waals surface area contributed by atoms with Crippen molar-refractivity contribution in [2.45, 2.75) is 19.3 Å². The van der Waals surface area contributed by atoms with Crippen LogP contribution in [0.25, 0.3) is 0 Å². The zero-order valence-corrected chi connectivity index (χ0v) is 8.32. The van der Waals surface area contributed by atoms with Crippen molar-refractivity contribution in [1.82, 2.24) is 0 Å². The average molecular weight is 208 g/mol. The molecule has 0 amide bonds. The van der Waals surface area contributed by atoms with E-state index in [1.807, 2.05) is 0 Å². The highest BCUT2D eigenvalue weighted by molar-refractivity contribution is 5.72. The molecule has 0 heterocycles. The normalized spacial score (nSPS) is 8.40. The van der Waals surface area contributed by atoms with Gasteiger partial charge in [-0.3, -0.25) is 9.59 Å². The van der Waals surface area contributed by atoms with Crippen molar-refractivity contribution in [3.8, 4) is 24.7 Å². The van der Waals surface area contributed by atoms with E-state index >= 15 is 0 Å². The molecule has 0 aliphatic heterocycles. The first-order valence-electron chi connectivity index (χ1n) is 4.39. The highest BCUT2D eigenvalue weighted by Gasteiger charge is 2.06. The van der Waals surface area contributed by atoms with Gasteiger partial charge in [0.1, 0.15) is 0 Å². The van der Waals surface area contributed by atoms with Crippen LogP contribution in [0.4, 0.5) is 0 Å². The zero-order chi connectivity index (χ0) is 11.5. The summed E-state index contributed by atoms with van der Waals surface area (Å²) in [5.41, 5.74) is 0. The van der Waals surface area contributed by atoms with Crippen LogP contribution in [0, 0.1) is 24.7 Å². The van der Waals surface area contributed by atoms with Gasteiger partial charge < -0.3 is 9.47 Å². The van der Waals surface area contributed by atoms with Crippen molar-refractivity contribution in [1.29, 1.82) is 0 Å². The number of carbonyl (C=O) groups excluding carboxylic acids is 2. The minimum atomic E-state index is -0.419. The van der Waals surface area contributed by atoms with E-state index in [-0.39, 0.29) is 26.1 Å². The van der Waals surface area contributed by atoms with Crippen LogP contribution in [0.3, 0.4) is 0 Å². The number of hydrogen-bond donors (Lipinski definition) is 0. The smallest absolute Gasteiger partial charge is 0.306 e. The van der Waals surface area contributed by atoms with Gasteiger partial charge in [-0.25, -0.2) is 0 Å². The summed E-state index contributed by atoms with van der Waals surface area (Å²) in [6.45, 7) is -0.0826. The number of esters is 2. The summed E-state index contributed by atoms with van der Waals surface area (Å²) in [6.07, 6.45) is 10.4. The molecule has 0 saturated carbocycles. The fraction of sp³-hybridized carbons (Fsp3) is 0.455. The number of rotatable bonds is 6. The molecule has 0 aliphatic rings. The highest BCUT2D eigenvalue weighted by Crippen LogP contribution is 1.99. The van der Waals surface area contributed by atoms with Crippen molar-refractivity contribution in [3.05, 3.63) is 0 Å². The van der Waals surface area contributed by atoms with Crippen molar-refractivity contribution >= 4 is 11.9 Å². The first-order chi connectivity index (χ1) is 7.20. The van der Waals surface area contributed by atoms with Crippen LogP contribution in [-0.4, -0.2) is 25.2 Å². The third kappa shape index (κ3) is 8.39. The lowest BCUT2D eigenvalue weighted by Crippen LogP contribution is -2.08. The van der Waals surface area contributed by atoms with Gasteiger partial charge in [-0.2, -0.15) is 0 Å². The molecule has 0 spiro atoms. The fourth-order valence-corrected chi connectivity index (χ4v) is 0.766. The molecule has 0 N–H and O–H groups in total. The average Bonchev–Trinajstić information content (AvgIpc) is 2.23. The molecule has 15 heavy (non-hydrogen) atoms. The Morgan fingerprint density at radius 1 is 0.933 bits per heavy atom. The van der Waals surface area contributed by atoms with Crippen molar-refractivity contribution < 1.29 is 19.1 Å². The Morgan fingerprint density at radius 3 is 1.67 bits per heavy atom. The van der Waals surface area contributed by atoms with Crippen LogP contribution in [0.5, 0.6) is 0 Å². The molecule has 0 saturated heterocycles. The molecule has 0 unspecified atom stereocenters. The maximum Gasteiger partial charge on any atom is 0.306 e. The molecular weight excluding hydrogens is 196 g/mol. The monoisotopic (exact) mass is 208 g/mol. The summed E-state index contributed by atoms with van der Waals surface area (Å²) >= 11 is 0. The van der Waals surface area contributed by atoms with Gasteiger partial charge in [-0.15, -0.1) is 12.8 Å². The molecule has 4 heteroatoms. The van der Waals surface area contributed by atoms with Crippen LogP contribution in [0.1, 0.15) is 19.3 Å². The van der Waals surface area contributed by atoms with E-state index in [0.717, 1.165) is 0 Å². The molecule has 0 aromatic rings. The van der Waals surface area contributed by atoms with Gasteiger partial charge in [0.2, 0.25) is 0 Å². The van der Waals surface area contributed by atoms with E-state index in [1.165, 1.54) is 0 Å². The molecule has 0 radical (unpaired) electrons. The van der Waals surface area contributed by atoms with E-state index in [0.29, 0.717) is 6.42 Å². The lowest BCUT2D eigenvalue weighted by Gasteiger charge is -2.01. The summed E-state index contributed by atoms with van der Waals surface area (Å²) in [5, 5.41) is 0.